The van der Waals surface area contributed by atoms with Gasteiger partial charge in [-0.05, 0) is 18.8 Å². The van der Waals surface area contributed by atoms with E-state index in [0.29, 0.717) is 5.69 Å². The van der Waals surface area contributed by atoms with Gasteiger partial charge < -0.3 is 10.4 Å². The molecule has 0 radical (unpaired) electrons. The fourth-order valence-corrected chi connectivity index (χ4v) is 1.90. The highest BCUT2D eigenvalue weighted by atomic mass is 32.1. The first-order valence-electron chi connectivity index (χ1n) is 4.64. The number of rotatable bonds is 5. The zero-order valence-electron chi connectivity index (χ0n) is 7.69. The highest BCUT2D eigenvalue weighted by molar-refractivity contribution is 7.13. The van der Waals surface area contributed by atoms with Crippen molar-refractivity contribution >= 4 is 22.4 Å². The zero-order chi connectivity index (χ0) is 9.97. The lowest BCUT2D eigenvalue weighted by atomic mass is 10.3. The Labute approximate surface area is 86.0 Å². The molecule has 1 fully saturated rings. The van der Waals surface area contributed by atoms with Gasteiger partial charge in [-0.15, -0.1) is 11.3 Å². The van der Waals surface area contributed by atoms with Crippen molar-refractivity contribution in [2.24, 2.45) is 5.92 Å². The van der Waals surface area contributed by atoms with Gasteiger partial charge in [-0.1, -0.05) is 0 Å². The van der Waals surface area contributed by atoms with Crippen LogP contribution in [0.5, 0.6) is 0 Å². The molecule has 0 aromatic carbocycles. The standard InChI is InChI=1S/C9H12N2O2S/c12-8(13)3-7-5-14-9(11-7)10-4-6-1-2-6/h5-6H,1-4H2,(H,10,11)(H,12,13). The van der Waals surface area contributed by atoms with Crippen molar-refractivity contribution in [2.45, 2.75) is 19.3 Å². The molecule has 4 nitrogen and oxygen atoms in total. The van der Waals surface area contributed by atoms with Crippen LogP contribution in [-0.4, -0.2) is 22.6 Å². The van der Waals surface area contributed by atoms with Crippen LogP contribution in [0, 0.1) is 5.92 Å². The van der Waals surface area contributed by atoms with Crippen LogP contribution in [-0.2, 0) is 11.2 Å². The van der Waals surface area contributed by atoms with Gasteiger partial charge in [0, 0.05) is 11.9 Å². The number of hydrogen-bond donors (Lipinski definition) is 2. The molecule has 2 rings (SSSR count). The smallest absolute Gasteiger partial charge is 0.309 e. The van der Waals surface area contributed by atoms with Gasteiger partial charge in [0.2, 0.25) is 0 Å². The van der Waals surface area contributed by atoms with E-state index in [-0.39, 0.29) is 6.42 Å². The molecule has 1 aromatic heterocycles. The number of nitrogens with one attached hydrogen (secondary N) is 1. The summed E-state index contributed by atoms with van der Waals surface area (Å²) in [7, 11) is 0. The summed E-state index contributed by atoms with van der Waals surface area (Å²) in [4.78, 5) is 14.6. The molecular formula is C9H12N2O2S. The van der Waals surface area contributed by atoms with Crippen molar-refractivity contribution in [3.63, 3.8) is 0 Å². The summed E-state index contributed by atoms with van der Waals surface area (Å²) in [6.45, 7) is 0.972. The van der Waals surface area contributed by atoms with Gasteiger partial charge in [-0.25, -0.2) is 4.98 Å². The van der Waals surface area contributed by atoms with Crippen LogP contribution in [0.15, 0.2) is 5.38 Å². The van der Waals surface area contributed by atoms with Crippen LogP contribution in [0.3, 0.4) is 0 Å². The minimum Gasteiger partial charge on any atom is -0.481 e. The fourth-order valence-electron chi connectivity index (χ4n) is 1.18. The van der Waals surface area contributed by atoms with Gasteiger partial charge in [0.1, 0.15) is 0 Å². The maximum Gasteiger partial charge on any atom is 0.309 e. The number of carbonyl (C=O) groups is 1. The molecule has 0 saturated heterocycles. The molecule has 0 atom stereocenters. The largest absolute Gasteiger partial charge is 0.481 e. The summed E-state index contributed by atoms with van der Waals surface area (Å²) >= 11 is 1.48. The van der Waals surface area contributed by atoms with E-state index in [2.05, 4.69) is 10.3 Å². The lowest BCUT2D eigenvalue weighted by molar-refractivity contribution is -0.136. The Morgan fingerprint density at radius 2 is 2.50 bits per heavy atom. The predicted octanol–water partition coefficient (Wildman–Crippen LogP) is 1.59. The van der Waals surface area contributed by atoms with E-state index in [9.17, 15) is 4.79 Å². The predicted molar refractivity (Wildman–Crippen MR) is 54.7 cm³/mol. The summed E-state index contributed by atoms with van der Waals surface area (Å²) in [6.07, 6.45) is 2.63. The van der Waals surface area contributed by atoms with E-state index in [1.165, 1.54) is 24.2 Å². The summed E-state index contributed by atoms with van der Waals surface area (Å²) in [5, 5.41) is 14.4. The lowest BCUT2D eigenvalue weighted by Crippen LogP contribution is -2.04. The van der Waals surface area contributed by atoms with Gasteiger partial charge in [0.15, 0.2) is 5.13 Å². The fraction of sp³-hybridized carbons (Fsp3) is 0.556. The normalized spacial score (nSPS) is 15.4. The van der Waals surface area contributed by atoms with Gasteiger partial charge >= 0.3 is 5.97 Å². The first kappa shape index (κ1) is 9.45. The van der Waals surface area contributed by atoms with Crippen molar-refractivity contribution in [1.82, 2.24) is 4.98 Å². The van der Waals surface area contributed by atoms with Crippen molar-refractivity contribution in [3.05, 3.63) is 11.1 Å². The minimum absolute atomic E-state index is 0.0155. The maximum absolute atomic E-state index is 10.4. The second kappa shape index (κ2) is 3.96. The Balaban J connectivity index is 1.84. The topological polar surface area (TPSA) is 62.2 Å². The van der Waals surface area contributed by atoms with Crippen molar-refractivity contribution in [3.8, 4) is 0 Å². The van der Waals surface area contributed by atoms with Gasteiger partial charge in [0.25, 0.3) is 0 Å². The third-order valence-electron chi connectivity index (χ3n) is 2.12. The molecule has 1 heterocycles. The second-order valence-electron chi connectivity index (χ2n) is 3.54. The molecule has 0 aliphatic heterocycles. The lowest BCUT2D eigenvalue weighted by Gasteiger charge is -1.98. The first-order valence-corrected chi connectivity index (χ1v) is 5.52. The molecule has 1 aliphatic rings. The van der Waals surface area contributed by atoms with Crippen molar-refractivity contribution < 1.29 is 9.90 Å². The molecule has 0 amide bonds. The van der Waals surface area contributed by atoms with E-state index < -0.39 is 5.97 Å². The molecule has 1 aromatic rings. The summed E-state index contributed by atoms with van der Waals surface area (Å²) in [6, 6.07) is 0. The quantitative estimate of drug-likeness (QED) is 0.778. The highest BCUT2D eigenvalue weighted by Crippen LogP contribution is 2.29. The average Bonchev–Trinajstić information content (AvgIpc) is 2.84. The molecule has 5 heteroatoms. The van der Waals surface area contributed by atoms with Gasteiger partial charge in [0.05, 0.1) is 12.1 Å². The SMILES string of the molecule is O=C(O)Cc1csc(NCC2CC2)n1. The molecule has 0 spiro atoms. The van der Waals surface area contributed by atoms with Gasteiger partial charge in [-0.3, -0.25) is 4.79 Å². The number of hydrogen-bond acceptors (Lipinski definition) is 4. The summed E-state index contributed by atoms with van der Waals surface area (Å²) in [5.41, 5.74) is 0.640. The van der Waals surface area contributed by atoms with E-state index in [0.717, 1.165) is 17.6 Å². The van der Waals surface area contributed by atoms with E-state index in [1.54, 1.807) is 5.38 Å². The van der Waals surface area contributed by atoms with E-state index in [4.69, 9.17) is 5.11 Å². The van der Waals surface area contributed by atoms with E-state index >= 15 is 0 Å². The third-order valence-corrected chi connectivity index (χ3v) is 2.97. The number of aliphatic carboxylic acids is 1. The number of nitrogens with zero attached hydrogens (tertiary/aromatic N) is 1. The number of carboxylic acids is 1. The van der Waals surface area contributed by atoms with Crippen molar-refractivity contribution in [1.29, 1.82) is 0 Å². The number of aromatic nitrogens is 1. The average molecular weight is 212 g/mol. The highest BCUT2D eigenvalue weighted by Gasteiger charge is 2.21. The minimum atomic E-state index is -0.830. The molecule has 1 aliphatic carbocycles. The van der Waals surface area contributed by atoms with Crippen LogP contribution in [0.4, 0.5) is 5.13 Å². The second-order valence-corrected chi connectivity index (χ2v) is 4.40. The Hall–Kier alpha value is -1.10. The molecular weight excluding hydrogens is 200 g/mol. The summed E-state index contributed by atoms with van der Waals surface area (Å²) < 4.78 is 0. The Kier molecular flexibility index (Phi) is 2.67. The molecule has 76 valence electrons. The Morgan fingerprint density at radius 3 is 3.14 bits per heavy atom. The van der Waals surface area contributed by atoms with Crippen LogP contribution in [0.2, 0.25) is 0 Å². The summed E-state index contributed by atoms with van der Waals surface area (Å²) in [5.74, 6) is -0.0223. The third kappa shape index (κ3) is 2.70. The zero-order valence-corrected chi connectivity index (χ0v) is 8.51. The first-order chi connectivity index (χ1) is 6.74. The number of carboxylic acid groups (broad SMARTS) is 1. The van der Waals surface area contributed by atoms with Crippen LogP contribution in [0.25, 0.3) is 0 Å². The van der Waals surface area contributed by atoms with Crippen LogP contribution >= 0.6 is 11.3 Å². The van der Waals surface area contributed by atoms with Gasteiger partial charge in [-0.2, -0.15) is 0 Å². The molecule has 0 bridgehead atoms. The van der Waals surface area contributed by atoms with Crippen LogP contribution < -0.4 is 5.32 Å². The maximum atomic E-state index is 10.4. The Bertz CT molecular complexity index is 333. The number of anilines is 1. The van der Waals surface area contributed by atoms with Crippen LogP contribution in [0.1, 0.15) is 18.5 Å². The molecule has 1 saturated carbocycles. The molecule has 0 unspecified atom stereocenters. The Morgan fingerprint density at radius 1 is 1.71 bits per heavy atom. The molecule has 2 N–H and O–H groups in total. The monoisotopic (exact) mass is 212 g/mol. The number of thiazole rings is 1. The van der Waals surface area contributed by atoms with Crippen molar-refractivity contribution in [2.75, 3.05) is 11.9 Å². The molecule has 14 heavy (non-hydrogen) atoms. The van der Waals surface area contributed by atoms with E-state index in [1.807, 2.05) is 0 Å².